The van der Waals surface area contributed by atoms with Crippen LogP contribution in [0.4, 0.5) is 28.4 Å². The Balaban J connectivity index is 1.20. The van der Waals surface area contributed by atoms with Gasteiger partial charge >= 0.3 is 0 Å². The lowest BCUT2D eigenvalue weighted by Crippen LogP contribution is -2.43. The van der Waals surface area contributed by atoms with Crippen LogP contribution in [0.25, 0.3) is 33.4 Å². The second-order valence-electron chi connectivity index (χ2n) is 28.6. The van der Waals surface area contributed by atoms with E-state index in [1.807, 2.05) is 0 Å². The summed E-state index contributed by atoms with van der Waals surface area (Å²) in [5, 5.41) is 4.25. The SMILES string of the molecule is Cc1cc2c(cc1N1c3cc(-c4c(C)cccc4C)cc(-c4cc5c(cc4Nc4ccc6c(c4)C(C)(C)CCC6(C)C)C(C)(C)CCC5(C)C)c3[B]c3c1ccc1c3-c3ccccc3C1(C)C)C(C)(C)CCC2(C)C. The highest BCUT2D eigenvalue weighted by molar-refractivity contribution is 6.74. The molecule has 0 bridgehead atoms. The average Bonchev–Trinajstić information content (AvgIpc) is 3.59. The van der Waals surface area contributed by atoms with Crippen LogP contribution in [-0.4, -0.2) is 7.28 Å². The molecule has 0 fully saturated rings. The van der Waals surface area contributed by atoms with Crippen LogP contribution in [0.15, 0.2) is 109 Å². The molecule has 5 aliphatic rings. The van der Waals surface area contributed by atoms with Crippen molar-refractivity contribution >= 4 is 46.6 Å². The van der Waals surface area contributed by atoms with E-state index in [2.05, 4.69) is 244 Å². The van der Waals surface area contributed by atoms with Crippen LogP contribution >= 0.6 is 0 Å². The smallest absolute Gasteiger partial charge is 0.198 e. The Kier molecular flexibility index (Phi) is 10.9. The zero-order valence-corrected chi connectivity index (χ0v) is 48.7. The highest BCUT2D eigenvalue weighted by Gasteiger charge is 2.44. The van der Waals surface area contributed by atoms with Crippen molar-refractivity contribution in [2.75, 3.05) is 10.2 Å². The van der Waals surface area contributed by atoms with Crippen molar-refractivity contribution in [2.45, 2.75) is 194 Å². The van der Waals surface area contributed by atoms with Crippen molar-refractivity contribution in [1.82, 2.24) is 0 Å². The quantitative estimate of drug-likeness (QED) is 0.173. The van der Waals surface area contributed by atoms with E-state index >= 15 is 0 Å². The molecule has 0 atom stereocenters. The molecule has 12 rings (SSSR count). The van der Waals surface area contributed by atoms with Crippen LogP contribution in [0.3, 0.4) is 0 Å². The summed E-state index contributed by atoms with van der Waals surface area (Å²) in [5.41, 5.74) is 32.4. The summed E-state index contributed by atoms with van der Waals surface area (Å²) in [6.45, 7) is 41.4. The number of hydrogen-bond acceptors (Lipinski definition) is 2. The van der Waals surface area contributed by atoms with Gasteiger partial charge in [-0.1, -0.05) is 158 Å². The third-order valence-corrected chi connectivity index (χ3v) is 20.3. The molecule has 0 saturated heterocycles. The summed E-state index contributed by atoms with van der Waals surface area (Å²) in [7, 11) is 2.62. The van der Waals surface area contributed by atoms with Gasteiger partial charge in [0.1, 0.15) is 0 Å². The van der Waals surface area contributed by atoms with E-state index in [4.69, 9.17) is 0 Å². The van der Waals surface area contributed by atoms with Gasteiger partial charge in [0.15, 0.2) is 7.28 Å². The molecular formula is C72H82BN2. The first kappa shape index (κ1) is 50.0. The predicted molar refractivity (Wildman–Crippen MR) is 324 cm³/mol. The molecule has 0 aromatic heterocycles. The van der Waals surface area contributed by atoms with Crippen LogP contribution in [0, 0.1) is 20.8 Å². The fraction of sp³-hybridized carbons (Fsp3) is 0.417. The first-order chi connectivity index (χ1) is 35.1. The van der Waals surface area contributed by atoms with Crippen molar-refractivity contribution < 1.29 is 0 Å². The highest BCUT2D eigenvalue weighted by atomic mass is 15.2. The van der Waals surface area contributed by atoms with Gasteiger partial charge in [-0.05, 0) is 240 Å². The van der Waals surface area contributed by atoms with Gasteiger partial charge < -0.3 is 10.2 Å². The van der Waals surface area contributed by atoms with E-state index in [9.17, 15) is 0 Å². The van der Waals surface area contributed by atoms with Crippen LogP contribution in [0.1, 0.15) is 197 Å². The topological polar surface area (TPSA) is 15.3 Å². The average molecular weight is 986 g/mol. The van der Waals surface area contributed by atoms with E-state index in [1.165, 1.54) is 148 Å². The van der Waals surface area contributed by atoms with Crippen molar-refractivity contribution in [3.8, 4) is 33.4 Å². The summed E-state index contributed by atoms with van der Waals surface area (Å²) < 4.78 is 0. The minimum atomic E-state index is -0.140. The van der Waals surface area contributed by atoms with E-state index < -0.39 is 0 Å². The molecule has 7 aromatic carbocycles. The highest BCUT2D eigenvalue weighted by Crippen LogP contribution is 2.56. The number of aryl methyl sites for hydroxylation is 3. The minimum Gasteiger partial charge on any atom is -0.355 e. The van der Waals surface area contributed by atoms with Gasteiger partial charge in [-0.25, -0.2) is 0 Å². The molecule has 3 heteroatoms. The normalized spacial score (nSPS) is 20.0. The van der Waals surface area contributed by atoms with E-state index in [0.717, 1.165) is 24.9 Å². The standard InChI is InChI=1S/C72H82BN2/c1-42-21-20-22-43(2)62(42)45-36-49(48-39-55-56(70(12,13)33-32-69(55,10)11)40-58(48)74-46-25-26-51-54(38-46)68(8,9)30-29-66(51,4)5)64-61(37-45)75(60-41-57-53(35-44(60)3)67(6,7)31-34-71(57,14)15)59-28-27-52-63(65(59)73-64)47-23-18-19-24-50(47)72(52,16)17/h18-28,35-41,74H,29-34H2,1-17H3. The van der Waals surface area contributed by atoms with Crippen molar-refractivity contribution in [2.24, 2.45) is 0 Å². The molecule has 1 aliphatic heterocycles. The van der Waals surface area contributed by atoms with Gasteiger partial charge in [-0.2, -0.15) is 0 Å². The second kappa shape index (κ2) is 16.4. The number of benzene rings is 7. The maximum absolute atomic E-state index is 4.25. The van der Waals surface area contributed by atoms with E-state index in [0.29, 0.717) is 0 Å². The zero-order valence-electron chi connectivity index (χ0n) is 48.7. The molecule has 1 radical (unpaired) electrons. The zero-order chi connectivity index (χ0) is 53.3. The molecule has 0 amide bonds. The third kappa shape index (κ3) is 7.61. The van der Waals surface area contributed by atoms with Crippen LogP contribution in [0.5, 0.6) is 0 Å². The van der Waals surface area contributed by atoms with Crippen LogP contribution < -0.4 is 21.1 Å². The van der Waals surface area contributed by atoms with E-state index in [1.54, 1.807) is 0 Å². The van der Waals surface area contributed by atoms with Crippen LogP contribution in [0.2, 0.25) is 0 Å². The molecule has 4 aliphatic carbocycles. The number of hydrogen-bond donors (Lipinski definition) is 1. The number of fused-ring (bicyclic) bond motifs is 9. The first-order valence-electron chi connectivity index (χ1n) is 28.6. The predicted octanol–water partition coefficient (Wildman–Crippen LogP) is 18.5. The number of rotatable bonds is 5. The number of nitrogens with zero attached hydrogens (tertiary/aromatic N) is 1. The van der Waals surface area contributed by atoms with Gasteiger partial charge in [-0.3, -0.25) is 0 Å². The molecule has 75 heavy (non-hydrogen) atoms. The lowest BCUT2D eigenvalue weighted by molar-refractivity contribution is 0.332. The molecule has 0 spiro atoms. The molecule has 2 nitrogen and oxygen atoms in total. The number of nitrogens with one attached hydrogen (secondary N) is 1. The maximum atomic E-state index is 4.25. The fourth-order valence-corrected chi connectivity index (χ4v) is 15.0. The molecule has 0 unspecified atom stereocenters. The Labute approximate surface area is 452 Å². The molecule has 7 aromatic rings. The van der Waals surface area contributed by atoms with Gasteiger partial charge in [0.05, 0.1) is 0 Å². The van der Waals surface area contributed by atoms with Gasteiger partial charge in [0, 0.05) is 39.4 Å². The Morgan fingerprint density at radius 2 is 0.907 bits per heavy atom. The summed E-state index contributed by atoms with van der Waals surface area (Å²) >= 11 is 0. The largest absolute Gasteiger partial charge is 0.355 e. The Morgan fingerprint density at radius 1 is 0.373 bits per heavy atom. The molecule has 383 valence electrons. The minimum absolute atomic E-state index is 0.00310. The van der Waals surface area contributed by atoms with Crippen molar-refractivity contribution in [3.05, 3.63) is 170 Å². The summed E-state index contributed by atoms with van der Waals surface area (Å²) in [6, 6.07) is 43.9. The molecule has 0 saturated carbocycles. The Bertz CT molecular complexity index is 3550. The Hall–Kier alpha value is -5.80. The summed E-state index contributed by atoms with van der Waals surface area (Å²) in [4.78, 5) is 2.71. The molecule has 1 N–H and O–H groups in total. The third-order valence-electron chi connectivity index (χ3n) is 20.3. The summed E-state index contributed by atoms with van der Waals surface area (Å²) in [5.74, 6) is 0. The molecule has 1 heterocycles. The van der Waals surface area contributed by atoms with E-state index in [-0.39, 0.29) is 37.9 Å². The second-order valence-corrected chi connectivity index (χ2v) is 28.6. The summed E-state index contributed by atoms with van der Waals surface area (Å²) in [6.07, 6.45) is 7.03. The lowest BCUT2D eigenvalue weighted by Gasteiger charge is -2.44. The number of anilines is 5. The molecular weight excluding hydrogens is 904 g/mol. The van der Waals surface area contributed by atoms with Crippen LogP contribution in [-0.2, 0) is 37.9 Å². The van der Waals surface area contributed by atoms with Crippen molar-refractivity contribution in [1.29, 1.82) is 0 Å². The van der Waals surface area contributed by atoms with Crippen molar-refractivity contribution in [3.63, 3.8) is 0 Å². The maximum Gasteiger partial charge on any atom is 0.198 e. The lowest BCUT2D eigenvalue weighted by atomic mass is 9.55. The first-order valence-corrected chi connectivity index (χ1v) is 28.6. The van der Waals surface area contributed by atoms with Gasteiger partial charge in [0.25, 0.3) is 0 Å². The van der Waals surface area contributed by atoms with Gasteiger partial charge in [-0.15, -0.1) is 0 Å². The van der Waals surface area contributed by atoms with Gasteiger partial charge in [0.2, 0.25) is 0 Å². The monoisotopic (exact) mass is 986 g/mol. The Morgan fingerprint density at radius 3 is 1.53 bits per heavy atom. The fourth-order valence-electron chi connectivity index (χ4n) is 15.0.